The molecule has 0 spiro atoms. The molecule has 0 saturated heterocycles. The van der Waals surface area contributed by atoms with Gasteiger partial charge in [0.2, 0.25) is 5.89 Å². The molecule has 0 fully saturated rings. The number of hydrogen-bond donors (Lipinski definition) is 2. The van der Waals surface area contributed by atoms with E-state index in [1.165, 1.54) is 6.07 Å². The van der Waals surface area contributed by atoms with Crippen molar-refractivity contribution in [1.82, 2.24) is 20.8 Å². The lowest BCUT2D eigenvalue weighted by Gasteiger charge is -2.14. The largest absolute Gasteiger partial charge is 0.434 e. The number of hydrogen-bond acceptors (Lipinski definition) is 6. The molecular weight excluding hydrogens is 372 g/mol. The van der Waals surface area contributed by atoms with Crippen molar-refractivity contribution >= 4 is 5.96 Å². The Bertz CT molecular complexity index is 782. The van der Waals surface area contributed by atoms with Gasteiger partial charge in [-0.15, -0.1) is 0 Å². The molecule has 1 aromatic heterocycles. The fourth-order valence-electron chi connectivity index (χ4n) is 2.45. The van der Waals surface area contributed by atoms with Gasteiger partial charge in [0.25, 0.3) is 0 Å². The van der Waals surface area contributed by atoms with Gasteiger partial charge < -0.3 is 24.6 Å². The Morgan fingerprint density at radius 2 is 2.04 bits per heavy atom. The first-order chi connectivity index (χ1) is 13.4. The smallest absolute Gasteiger partial charge is 0.387 e. The lowest BCUT2D eigenvalue weighted by molar-refractivity contribution is -0.0504. The van der Waals surface area contributed by atoms with Gasteiger partial charge in [0.15, 0.2) is 11.8 Å². The number of benzene rings is 1. The minimum Gasteiger partial charge on any atom is -0.434 e. The topological polar surface area (TPSA) is 93.8 Å². The van der Waals surface area contributed by atoms with Gasteiger partial charge in [-0.1, -0.05) is 22.9 Å². The molecule has 0 saturated carbocycles. The van der Waals surface area contributed by atoms with Crippen LogP contribution in [0.5, 0.6) is 5.75 Å². The summed E-state index contributed by atoms with van der Waals surface area (Å²) in [5.74, 6) is 1.41. The second-order valence-electron chi connectivity index (χ2n) is 5.91. The molecular formula is C18H25F2N5O3. The molecule has 0 aliphatic carbocycles. The van der Waals surface area contributed by atoms with E-state index in [0.717, 1.165) is 5.56 Å². The van der Waals surface area contributed by atoms with Crippen molar-refractivity contribution in [3.8, 4) is 5.75 Å². The van der Waals surface area contributed by atoms with Crippen LogP contribution in [0.4, 0.5) is 8.78 Å². The lowest BCUT2D eigenvalue weighted by Crippen LogP contribution is -2.36. The molecule has 2 rings (SSSR count). The van der Waals surface area contributed by atoms with Crippen LogP contribution in [-0.2, 0) is 17.8 Å². The molecule has 0 bridgehead atoms. The monoisotopic (exact) mass is 397 g/mol. The predicted molar refractivity (Wildman–Crippen MR) is 99.2 cm³/mol. The number of rotatable bonds is 9. The maximum absolute atomic E-state index is 12.6. The molecule has 154 valence electrons. The predicted octanol–water partition coefficient (Wildman–Crippen LogP) is 2.94. The fraction of sp³-hybridized carbons (Fsp3) is 0.500. The number of nitrogens with zero attached hydrogens (tertiary/aromatic N) is 3. The molecule has 2 N–H and O–H groups in total. The molecule has 10 heteroatoms. The Morgan fingerprint density at radius 1 is 1.29 bits per heavy atom. The molecule has 0 amide bonds. The summed E-state index contributed by atoms with van der Waals surface area (Å²) in [7, 11) is 1.60. The Morgan fingerprint density at radius 3 is 2.71 bits per heavy atom. The van der Waals surface area contributed by atoms with Crippen LogP contribution in [0.15, 0.2) is 27.7 Å². The van der Waals surface area contributed by atoms with Gasteiger partial charge >= 0.3 is 6.61 Å². The number of aryl methyl sites for hydroxylation is 1. The van der Waals surface area contributed by atoms with E-state index in [0.29, 0.717) is 29.8 Å². The maximum atomic E-state index is 12.6. The van der Waals surface area contributed by atoms with Crippen molar-refractivity contribution in [2.75, 3.05) is 13.7 Å². The van der Waals surface area contributed by atoms with E-state index in [1.54, 1.807) is 19.2 Å². The summed E-state index contributed by atoms with van der Waals surface area (Å²) < 4.78 is 40.3. The molecule has 1 unspecified atom stereocenters. The highest BCUT2D eigenvalue weighted by Crippen LogP contribution is 2.22. The number of halogens is 2. The normalized spacial score (nSPS) is 12.9. The first-order valence-corrected chi connectivity index (χ1v) is 8.85. The van der Waals surface area contributed by atoms with Gasteiger partial charge in [-0.2, -0.15) is 13.8 Å². The second-order valence-corrected chi connectivity index (χ2v) is 5.91. The van der Waals surface area contributed by atoms with Gasteiger partial charge in [-0.3, -0.25) is 4.99 Å². The van der Waals surface area contributed by atoms with Crippen LogP contribution < -0.4 is 15.4 Å². The van der Waals surface area contributed by atoms with Crippen LogP contribution in [-0.4, -0.2) is 36.4 Å². The van der Waals surface area contributed by atoms with Gasteiger partial charge in [0.05, 0.1) is 6.54 Å². The zero-order chi connectivity index (χ0) is 20.5. The SMILES string of the molecule is CCOC(C)c1noc(CNC(=NC)NCc2cc(C)ccc2OC(F)F)n1. The molecule has 2 aromatic rings. The standard InChI is InChI=1S/C18H25F2N5O3/c1-5-26-12(3)16-24-15(28-25-16)10-23-18(21-4)22-9-13-8-11(2)6-7-14(13)27-17(19)20/h6-8,12,17H,5,9-10H2,1-4H3,(H2,21,22,23). The minimum atomic E-state index is -2.88. The Hall–Kier alpha value is -2.75. The third-order valence-corrected chi connectivity index (χ3v) is 3.77. The van der Waals surface area contributed by atoms with Crippen LogP contribution in [0, 0.1) is 6.92 Å². The summed E-state index contributed by atoms with van der Waals surface area (Å²) in [4.78, 5) is 8.35. The zero-order valence-electron chi connectivity index (χ0n) is 16.3. The minimum absolute atomic E-state index is 0.120. The van der Waals surface area contributed by atoms with E-state index in [2.05, 4.69) is 30.5 Å². The van der Waals surface area contributed by atoms with Crippen LogP contribution in [0.2, 0.25) is 0 Å². The molecule has 1 heterocycles. The summed E-state index contributed by atoms with van der Waals surface area (Å²) in [5, 5.41) is 9.96. The third kappa shape index (κ3) is 6.45. The highest BCUT2D eigenvalue weighted by molar-refractivity contribution is 5.79. The van der Waals surface area contributed by atoms with Gasteiger partial charge in [0, 0.05) is 25.8 Å². The van der Waals surface area contributed by atoms with Crippen molar-refractivity contribution in [3.63, 3.8) is 0 Å². The van der Waals surface area contributed by atoms with Gasteiger partial charge in [-0.05, 0) is 26.8 Å². The number of aromatic nitrogens is 2. The summed E-state index contributed by atoms with van der Waals surface area (Å²) in [6.45, 7) is 3.77. The maximum Gasteiger partial charge on any atom is 0.387 e. The number of alkyl halides is 2. The average Bonchev–Trinajstić information content (AvgIpc) is 3.13. The van der Waals surface area contributed by atoms with Crippen molar-refractivity contribution in [2.24, 2.45) is 4.99 Å². The summed E-state index contributed by atoms with van der Waals surface area (Å²) in [6, 6.07) is 5.01. The van der Waals surface area contributed by atoms with Crippen LogP contribution in [0.25, 0.3) is 0 Å². The number of ether oxygens (including phenoxy) is 2. The van der Waals surface area contributed by atoms with Crippen LogP contribution >= 0.6 is 0 Å². The van der Waals surface area contributed by atoms with Gasteiger partial charge in [-0.25, -0.2) is 0 Å². The Balaban J connectivity index is 1.93. The van der Waals surface area contributed by atoms with E-state index in [4.69, 9.17) is 9.26 Å². The van der Waals surface area contributed by atoms with E-state index in [-0.39, 0.29) is 24.9 Å². The molecule has 0 aliphatic rings. The number of nitrogens with one attached hydrogen (secondary N) is 2. The summed E-state index contributed by atoms with van der Waals surface area (Å²) in [6.07, 6.45) is -0.255. The Labute approximate surface area is 162 Å². The summed E-state index contributed by atoms with van der Waals surface area (Å²) >= 11 is 0. The van der Waals surface area contributed by atoms with Crippen LogP contribution in [0.1, 0.15) is 42.8 Å². The molecule has 8 nitrogen and oxygen atoms in total. The molecule has 1 atom stereocenters. The summed E-state index contributed by atoms with van der Waals surface area (Å²) in [5.41, 5.74) is 1.53. The molecule has 1 aromatic carbocycles. The van der Waals surface area contributed by atoms with E-state index < -0.39 is 6.61 Å². The van der Waals surface area contributed by atoms with Crippen molar-refractivity contribution in [1.29, 1.82) is 0 Å². The van der Waals surface area contributed by atoms with Crippen molar-refractivity contribution in [3.05, 3.63) is 41.0 Å². The van der Waals surface area contributed by atoms with Gasteiger partial charge in [0.1, 0.15) is 11.9 Å². The van der Waals surface area contributed by atoms with E-state index in [9.17, 15) is 8.78 Å². The van der Waals surface area contributed by atoms with E-state index >= 15 is 0 Å². The third-order valence-electron chi connectivity index (χ3n) is 3.77. The highest BCUT2D eigenvalue weighted by Gasteiger charge is 2.14. The van der Waals surface area contributed by atoms with Crippen LogP contribution in [0.3, 0.4) is 0 Å². The molecule has 0 aliphatic heterocycles. The first-order valence-electron chi connectivity index (χ1n) is 8.85. The first kappa shape index (κ1) is 21.5. The Kier molecular flexibility index (Phi) is 8.12. The van der Waals surface area contributed by atoms with Crippen molar-refractivity contribution < 1.29 is 22.8 Å². The fourth-order valence-corrected chi connectivity index (χ4v) is 2.45. The second kappa shape index (κ2) is 10.5. The zero-order valence-corrected chi connectivity index (χ0v) is 16.3. The average molecular weight is 397 g/mol. The highest BCUT2D eigenvalue weighted by atomic mass is 19.3. The quantitative estimate of drug-likeness (QED) is 0.496. The number of aliphatic imine (C=N–C) groups is 1. The number of guanidine groups is 1. The molecule has 0 radical (unpaired) electrons. The van der Waals surface area contributed by atoms with Crippen molar-refractivity contribution in [2.45, 2.75) is 46.6 Å². The lowest BCUT2D eigenvalue weighted by atomic mass is 10.1. The molecule has 28 heavy (non-hydrogen) atoms. The van der Waals surface area contributed by atoms with E-state index in [1.807, 2.05) is 20.8 Å².